The predicted molar refractivity (Wildman–Crippen MR) is 119 cm³/mol. The summed E-state index contributed by atoms with van der Waals surface area (Å²) in [5.74, 6) is -4.02. The number of hydrogen-bond acceptors (Lipinski definition) is 3. The number of aryl methyl sites for hydroxylation is 2. The lowest BCUT2D eigenvalue weighted by Gasteiger charge is -2.45. The summed E-state index contributed by atoms with van der Waals surface area (Å²) in [5, 5.41) is 4.68. The maximum atomic E-state index is 14.0. The second-order valence-corrected chi connectivity index (χ2v) is 9.15. The molecule has 2 aliphatic heterocycles. The number of amides is 1. The van der Waals surface area contributed by atoms with Crippen LogP contribution in [0.5, 0.6) is 0 Å². The molecule has 2 bridgehead atoms. The molecule has 2 aliphatic rings. The quantitative estimate of drug-likeness (QED) is 0.402. The number of nitrogens with zero attached hydrogens (tertiary/aromatic N) is 5. The van der Waals surface area contributed by atoms with Gasteiger partial charge < -0.3 is 9.30 Å². The van der Waals surface area contributed by atoms with Crippen molar-refractivity contribution in [3.05, 3.63) is 76.6 Å². The molecule has 0 aliphatic carbocycles. The molecule has 0 saturated carbocycles. The lowest BCUT2D eigenvalue weighted by atomic mass is 9.81. The van der Waals surface area contributed by atoms with Gasteiger partial charge in [-0.2, -0.15) is 5.10 Å². The Kier molecular flexibility index (Phi) is 4.59. The van der Waals surface area contributed by atoms with Crippen LogP contribution in [0.4, 0.5) is 13.2 Å². The number of aromatic nitrogens is 4. The number of pyridine rings is 1. The van der Waals surface area contributed by atoms with E-state index in [1.54, 1.807) is 24.0 Å². The van der Waals surface area contributed by atoms with E-state index in [0.717, 1.165) is 54.0 Å². The summed E-state index contributed by atoms with van der Waals surface area (Å²) in [6.07, 6.45) is 6.65. The third-order valence-corrected chi connectivity index (χ3v) is 7.11. The van der Waals surface area contributed by atoms with Crippen molar-refractivity contribution in [1.29, 1.82) is 0 Å². The Labute approximate surface area is 193 Å². The van der Waals surface area contributed by atoms with Crippen molar-refractivity contribution >= 4 is 11.6 Å². The molecule has 6 nitrogen and oxygen atoms in total. The Morgan fingerprint density at radius 3 is 2.65 bits per heavy atom. The first kappa shape index (κ1) is 20.9. The Morgan fingerprint density at radius 2 is 1.88 bits per heavy atom. The molecular formula is C25H22F3N5O. The number of imidazole rings is 1. The van der Waals surface area contributed by atoms with Crippen molar-refractivity contribution in [2.24, 2.45) is 7.05 Å². The molecule has 1 fully saturated rings. The highest BCUT2D eigenvalue weighted by atomic mass is 19.2. The van der Waals surface area contributed by atoms with Gasteiger partial charge in [0.2, 0.25) is 0 Å². The summed E-state index contributed by atoms with van der Waals surface area (Å²) in [5.41, 5.74) is 4.72. The summed E-state index contributed by atoms with van der Waals surface area (Å²) in [4.78, 5) is 19.9. The molecular weight excluding hydrogens is 443 g/mol. The van der Waals surface area contributed by atoms with E-state index in [-0.39, 0.29) is 23.6 Å². The molecule has 1 aromatic carbocycles. The molecule has 174 valence electrons. The topological polar surface area (TPSA) is 55.4 Å². The minimum absolute atomic E-state index is 0.0589. The summed E-state index contributed by atoms with van der Waals surface area (Å²) in [7, 11) is 1.71. The molecule has 0 unspecified atom stereocenters. The van der Waals surface area contributed by atoms with Crippen molar-refractivity contribution in [2.75, 3.05) is 0 Å². The van der Waals surface area contributed by atoms with Crippen LogP contribution in [0.2, 0.25) is 0 Å². The monoisotopic (exact) mass is 465 g/mol. The van der Waals surface area contributed by atoms with E-state index >= 15 is 0 Å². The van der Waals surface area contributed by atoms with Gasteiger partial charge in [-0.15, -0.1) is 0 Å². The van der Waals surface area contributed by atoms with E-state index in [1.807, 2.05) is 28.5 Å². The number of halogens is 3. The molecule has 6 rings (SSSR count). The van der Waals surface area contributed by atoms with Gasteiger partial charge in [0.25, 0.3) is 5.91 Å². The Hall–Kier alpha value is -3.62. The molecule has 1 saturated heterocycles. The highest BCUT2D eigenvalue weighted by Crippen LogP contribution is 2.45. The minimum Gasteiger partial charge on any atom is -0.327 e. The third-order valence-electron chi connectivity index (χ3n) is 7.11. The van der Waals surface area contributed by atoms with Crippen LogP contribution >= 0.6 is 0 Å². The standard InChI is InChI=1S/C25H22F3N5O/c1-13-11-29-21-7-6-14(12-32(13)21)25(34)33-16-4-3-5-20(33)23-17(10-16)24(31(2)30-23)15-8-18(26)22(28)19(27)9-15/h6-9,11-12,16,20H,3-5,10H2,1-2H3/t16-,20+/m1/s1. The third kappa shape index (κ3) is 2.99. The highest BCUT2D eigenvalue weighted by Gasteiger charge is 2.43. The van der Waals surface area contributed by atoms with Crippen LogP contribution in [0, 0.1) is 24.4 Å². The first-order valence-electron chi connectivity index (χ1n) is 11.3. The number of carbonyl (C=O) groups is 1. The lowest BCUT2D eigenvalue weighted by molar-refractivity contribution is 0.0391. The van der Waals surface area contributed by atoms with Crippen molar-refractivity contribution in [2.45, 2.75) is 44.7 Å². The molecule has 5 heterocycles. The zero-order chi connectivity index (χ0) is 23.7. The Bertz CT molecular complexity index is 1450. The first-order valence-corrected chi connectivity index (χ1v) is 11.3. The molecule has 4 aromatic rings. The smallest absolute Gasteiger partial charge is 0.256 e. The van der Waals surface area contributed by atoms with Gasteiger partial charge in [0.15, 0.2) is 17.5 Å². The summed E-state index contributed by atoms with van der Waals surface area (Å²) >= 11 is 0. The molecule has 0 spiro atoms. The summed E-state index contributed by atoms with van der Waals surface area (Å²) in [6.45, 7) is 1.94. The number of hydrogen-bond donors (Lipinski definition) is 0. The average molecular weight is 465 g/mol. The van der Waals surface area contributed by atoms with Gasteiger partial charge in [0, 0.05) is 42.3 Å². The zero-order valence-electron chi connectivity index (χ0n) is 18.7. The largest absolute Gasteiger partial charge is 0.327 e. The molecule has 0 N–H and O–H groups in total. The SMILES string of the molecule is Cc1cnc2ccc(C(=O)N3[C@@H]4CCC[C@H]3c3nn(C)c(-c5cc(F)c(F)c(F)c5)c3C4)cn12. The van der Waals surface area contributed by atoms with Gasteiger partial charge in [-0.3, -0.25) is 9.48 Å². The number of benzene rings is 1. The Balaban J connectivity index is 1.43. The van der Waals surface area contributed by atoms with E-state index in [4.69, 9.17) is 0 Å². The van der Waals surface area contributed by atoms with Crippen molar-refractivity contribution in [3.63, 3.8) is 0 Å². The van der Waals surface area contributed by atoms with E-state index in [9.17, 15) is 18.0 Å². The van der Waals surface area contributed by atoms with Crippen molar-refractivity contribution in [3.8, 4) is 11.3 Å². The molecule has 0 radical (unpaired) electrons. The minimum atomic E-state index is -1.49. The zero-order valence-corrected chi connectivity index (χ0v) is 18.7. The van der Waals surface area contributed by atoms with E-state index in [0.29, 0.717) is 17.7 Å². The van der Waals surface area contributed by atoms with Crippen molar-refractivity contribution < 1.29 is 18.0 Å². The second kappa shape index (κ2) is 7.44. The van der Waals surface area contributed by atoms with Crippen LogP contribution in [-0.2, 0) is 13.5 Å². The van der Waals surface area contributed by atoms with Crippen LogP contribution in [0.1, 0.15) is 52.6 Å². The maximum Gasteiger partial charge on any atom is 0.256 e. The molecule has 34 heavy (non-hydrogen) atoms. The predicted octanol–water partition coefficient (Wildman–Crippen LogP) is 4.75. The van der Waals surface area contributed by atoms with E-state index < -0.39 is 17.5 Å². The van der Waals surface area contributed by atoms with Crippen LogP contribution in [0.15, 0.2) is 36.7 Å². The number of piperidine rings is 1. The number of fused-ring (bicyclic) bond motifs is 5. The molecule has 3 aromatic heterocycles. The second-order valence-electron chi connectivity index (χ2n) is 9.15. The van der Waals surface area contributed by atoms with Crippen molar-refractivity contribution in [1.82, 2.24) is 24.1 Å². The van der Waals surface area contributed by atoms with Crippen LogP contribution in [-0.4, -0.2) is 36.0 Å². The highest BCUT2D eigenvalue weighted by molar-refractivity contribution is 5.95. The molecule has 1 amide bonds. The first-order chi connectivity index (χ1) is 16.3. The maximum absolute atomic E-state index is 14.0. The van der Waals surface area contributed by atoms with Gasteiger partial charge >= 0.3 is 0 Å². The molecule has 2 atom stereocenters. The summed E-state index contributed by atoms with van der Waals surface area (Å²) in [6, 6.07) is 5.35. The van der Waals surface area contributed by atoms with E-state index in [2.05, 4.69) is 10.1 Å². The number of carbonyl (C=O) groups excluding carboxylic acids is 1. The fraction of sp³-hybridized carbons (Fsp3) is 0.320. The lowest BCUT2D eigenvalue weighted by Crippen LogP contribution is -2.49. The molecule has 9 heteroatoms. The average Bonchev–Trinajstić information content (AvgIpc) is 3.35. The number of rotatable bonds is 2. The van der Waals surface area contributed by atoms with E-state index in [1.165, 1.54) is 0 Å². The van der Waals surface area contributed by atoms with Crippen LogP contribution in [0.25, 0.3) is 16.9 Å². The van der Waals surface area contributed by atoms with Gasteiger partial charge in [-0.1, -0.05) is 0 Å². The van der Waals surface area contributed by atoms with Gasteiger partial charge in [-0.25, -0.2) is 18.2 Å². The summed E-state index contributed by atoms with van der Waals surface area (Å²) < 4.78 is 45.0. The van der Waals surface area contributed by atoms with Crippen LogP contribution in [0.3, 0.4) is 0 Å². The Morgan fingerprint density at radius 1 is 1.12 bits per heavy atom. The normalized spacial score (nSPS) is 19.5. The fourth-order valence-electron chi connectivity index (χ4n) is 5.58. The fourth-order valence-corrected chi connectivity index (χ4v) is 5.58. The van der Waals surface area contributed by atoms with Gasteiger partial charge in [0.1, 0.15) is 5.65 Å². The van der Waals surface area contributed by atoms with Gasteiger partial charge in [-0.05, 0) is 56.9 Å². The van der Waals surface area contributed by atoms with Gasteiger partial charge in [0.05, 0.1) is 23.0 Å². The van der Waals surface area contributed by atoms with Crippen LogP contribution < -0.4 is 0 Å².